The highest BCUT2D eigenvalue weighted by molar-refractivity contribution is 9.10. The van der Waals surface area contributed by atoms with Crippen LogP contribution in [0.4, 0.5) is 5.69 Å². The molecule has 1 amide bonds. The van der Waals surface area contributed by atoms with E-state index in [1.54, 1.807) is 24.3 Å². The number of halogens is 2. The van der Waals surface area contributed by atoms with Gasteiger partial charge in [-0.05, 0) is 82.9 Å². The predicted octanol–water partition coefficient (Wildman–Crippen LogP) is 6.84. The van der Waals surface area contributed by atoms with Crippen molar-refractivity contribution in [2.24, 2.45) is 0 Å². The Labute approximate surface area is 195 Å². The monoisotopic (exact) mass is 494 g/mol. The molecule has 3 aromatic rings. The zero-order valence-corrected chi connectivity index (χ0v) is 19.4. The number of aryl methyl sites for hydroxylation is 2. The Hall–Kier alpha value is -3.07. The highest BCUT2D eigenvalue weighted by Gasteiger charge is 2.12. The smallest absolute Gasteiger partial charge is 0.266 e. The highest BCUT2D eigenvalue weighted by atomic mass is 79.9. The second kappa shape index (κ2) is 10.3. The Bertz CT molecular complexity index is 1200. The first-order valence-corrected chi connectivity index (χ1v) is 10.7. The lowest BCUT2D eigenvalue weighted by atomic mass is 10.1. The molecule has 0 saturated carbocycles. The summed E-state index contributed by atoms with van der Waals surface area (Å²) in [5.41, 5.74) is 4.40. The van der Waals surface area contributed by atoms with Gasteiger partial charge >= 0.3 is 0 Å². The number of ether oxygens (including phenoxy) is 1. The molecule has 0 aliphatic heterocycles. The van der Waals surface area contributed by atoms with Crippen LogP contribution < -0.4 is 10.1 Å². The molecule has 0 fully saturated rings. The zero-order valence-electron chi connectivity index (χ0n) is 17.1. The Morgan fingerprint density at radius 2 is 1.97 bits per heavy atom. The van der Waals surface area contributed by atoms with Crippen LogP contribution in [0, 0.1) is 25.2 Å². The molecule has 1 N–H and O–H groups in total. The normalized spacial score (nSPS) is 11.0. The summed E-state index contributed by atoms with van der Waals surface area (Å²) in [4.78, 5) is 12.6. The van der Waals surface area contributed by atoms with Crippen molar-refractivity contribution in [2.75, 3.05) is 5.32 Å². The van der Waals surface area contributed by atoms with Gasteiger partial charge in [0.15, 0.2) is 0 Å². The number of nitrogens with zero attached hydrogens (tertiary/aromatic N) is 1. The minimum Gasteiger partial charge on any atom is -0.488 e. The van der Waals surface area contributed by atoms with Gasteiger partial charge in [-0.3, -0.25) is 4.79 Å². The molecule has 0 saturated heterocycles. The Balaban J connectivity index is 1.72. The lowest BCUT2D eigenvalue weighted by molar-refractivity contribution is -0.112. The molecule has 0 radical (unpaired) electrons. The number of rotatable bonds is 6. The maximum Gasteiger partial charge on any atom is 0.266 e. The number of carbonyl (C=O) groups excluding carboxylic acids is 1. The van der Waals surface area contributed by atoms with Gasteiger partial charge < -0.3 is 10.1 Å². The fraction of sp³-hybridized carbons (Fsp3) is 0.120. The minimum absolute atomic E-state index is 0.0134. The molecule has 0 aliphatic carbocycles. The van der Waals surface area contributed by atoms with Gasteiger partial charge in [-0.1, -0.05) is 47.5 Å². The van der Waals surface area contributed by atoms with Crippen LogP contribution in [0.3, 0.4) is 0 Å². The van der Waals surface area contributed by atoms with Crippen molar-refractivity contribution in [3.63, 3.8) is 0 Å². The summed E-state index contributed by atoms with van der Waals surface area (Å²) in [7, 11) is 0. The molecule has 0 aliphatic rings. The summed E-state index contributed by atoms with van der Waals surface area (Å²) in [5.74, 6) is 0.197. The van der Waals surface area contributed by atoms with E-state index in [0.717, 1.165) is 21.2 Å². The molecule has 0 atom stereocenters. The van der Waals surface area contributed by atoms with Crippen LogP contribution in [-0.2, 0) is 11.4 Å². The number of nitriles is 1. The van der Waals surface area contributed by atoms with E-state index < -0.39 is 5.91 Å². The van der Waals surface area contributed by atoms with Gasteiger partial charge in [0.1, 0.15) is 24.0 Å². The van der Waals surface area contributed by atoms with Crippen LogP contribution in [0.5, 0.6) is 5.75 Å². The summed E-state index contributed by atoms with van der Waals surface area (Å²) in [6, 6.07) is 20.5. The number of amides is 1. The van der Waals surface area contributed by atoms with Gasteiger partial charge in [-0.25, -0.2) is 0 Å². The fourth-order valence-electron chi connectivity index (χ4n) is 2.97. The largest absolute Gasteiger partial charge is 0.488 e. The van der Waals surface area contributed by atoms with Gasteiger partial charge in [0.2, 0.25) is 0 Å². The van der Waals surface area contributed by atoms with Crippen molar-refractivity contribution in [3.05, 3.63) is 98.0 Å². The number of benzene rings is 3. The number of hydrogen-bond donors (Lipinski definition) is 1. The molecule has 0 unspecified atom stereocenters. The topological polar surface area (TPSA) is 62.1 Å². The van der Waals surface area contributed by atoms with E-state index in [9.17, 15) is 10.1 Å². The van der Waals surface area contributed by atoms with E-state index in [1.807, 2.05) is 62.4 Å². The molecule has 6 heteroatoms. The minimum atomic E-state index is -0.452. The summed E-state index contributed by atoms with van der Waals surface area (Å²) in [5, 5.41) is 12.9. The van der Waals surface area contributed by atoms with Crippen molar-refractivity contribution in [1.82, 2.24) is 0 Å². The van der Waals surface area contributed by atoms with Crippen LogP contribution >= 0.6 is 27.5 Å². The quantitative estimate of drug-likeness (QED) is 0.301. The van der Waals surface area contributed by atoms with Gasteiger partial charge in [-0.2, -0.15) is 5.26 Å². The van der Waals surface area contributed by atoms with E-state index in [-0.39, 0.29) is 5.57 Å². The zero-order chi connectivity index (χ0) is 22.4. The maximum atomic E-state index is 12.6. The summed E-state index contributed by atoms with van der Waals surface area (Å²) >= 11 is 9.49. The number of carbonyl (C=O) groups is 1. The average Bonchev–Trinajstić information content (AvgIpc) is 2.73. The number of anilines is 1. The number of nitrogens with one attached hydrogen (secondary N) is 1. The van der Waals surface area contributed by atoms with E-state index in [4.69, 9.17) is 16.3 Å². The lowest BCUT2D eigenvalue weighted by Gasteiger charge is -2.10. The van der Waals surface area contributed by atoms with E-state index in [0.29, 0.717) is 28.6 Å². The standard InChI is InChI=1S/C25H20BrClN2O2/c1-16-6-8-23(17(2)10-16)29-25(30)20(14-28)11-18-7-9-24(22(26)13-18)31-15-19-4-3-5-21(27)12-19/h3-13H,15H2,1-2H3,(H,29,30)/b20-11+. The molecule has 3 aromatic carbocycles. The molecule has 0 heterocycles. The van der Waals surface area contributed by atoms with Crippen molar-refractivity contribution < 1.29 is 9.53 Å². The van der Waals surface area contributed by atoms with Crippen LogP contribution in [0.25, 0.3) is 6.08 Å². The Morgan fingerprint density at radius 1 is 1.16 bits per heavy atom. The van der Waals surface area contributed by atoms with Crippen molar-refractivity contribution >= 4 is 45.2 Å². The summed E-state index contributed by atoms with van der Waals surface area (Å²) in [6.07, 6.45) is 1.55. The van der Waals surface area contributed by atoms with Gasteiger partial charge in [0.05, 0.1) is 4.47 Å². The second-order valence-corrected chi connectivity index (χ2v) is 8.34. The van der Waals surface area contributed by atoms with Gasteiger partial charge in [0, 0.05) is 10.7 Å². The average molecular weight is 496 g/mol. The van der Waals surface area contributed by atoms with Crippen molar-refractivity contribution in [1.29, 1.82) is 5.26 Å². The maximum absolute atomic E-state index is 12.6. The molecule has 3 rings (SSSR count). The van der Waals surface area contributed by atoms with E-state index in [2.05, 4.69) is 21.2 Å². The third kappa shape index (κ3) is 6.21. The number of hydrogen-bond acceptors (Lipinski definition) is 3. The van der Waals surface area contributed by atoms with Gasteiger partial charge in [-0.15, -0.1) is 0 Å². The molecule has 4 nitrogen and oxygen atoms in total. The first-order valence-electron chi connectivity index (χ1n) is 9.53. The van der Waals surface area contributed by atoms with Crippen LogP contribution in [0.1, 0.15) is 22.3 Å². The SMILES string of the molecule is Cc1ccc(NC(=O)/C(C#N)=C/c2ccc(OCc3cccc(Cl)c3)c(Br)c2)c(C)c1. The van der Waals surface area contributed by atoms with Crippen LogP contribution in [0.15, 0.2) is 70.7 Å². The third-order valence-corrected chi connectivity index (χ3v) is 5.40. The highest BCUT2D eigenvalue weighted by Crippen LogP contribution is 2.28. The molecular formula is C25H20BrClN2O2. The molecule has 156 valence electrons. The van der Waals surface area contributed by atoms with Crippen LogP contribution in [0.2, 0.25) is 5.02 Å². The lowest BCUT2D eigenvalue weighted by Crippen LogP contribution is -2.14. The molecule has 0 spiro atoms. The Kier molecular flexibility index (Phi) is 7.51. The van der Waals surface area contributed by atoms with E-state index >= 15 is 0 Å². The first kappa shape index (κ1) is 22.6. The molecule has 0 bridgehead atoms. The van der Waals surface area contributed by atoms with Crippen molar-refractivity contribution in [2.45, 2.75) is 20.5 Å². The molecule has 0 aromatic heterocycles. The third-order valence-electron chi connectivity index (χ3n) is 4.55. The molecular weight excluding hydrogens is 476 g/mol. The predicted molar refractivity (Wildman–Crippen MR) is 128 cm³/mol. The van der Waals surface area contributed by atoms with E-state index in [1.165, 1.54) is 0 Å². The van der Waals surface area contributed by atoms with Crippen molar-refractivity contribution in [3.8, 4) is 11.8 Å². The summed E-state index contributed by atoms with van der Waals surface area (Å²) in [6.45, 7) is 4.27. The van der Waals surface area contributed by atoms with Crippen LogP contribution in [-0.4, -0.2) is 5.91 Å². The Morgan fingerprint density at radius 3 is 2.65 bits per heavy atom. The second-order valence-electron chi connectivity index (χ2n) is 7.05. The van der Waals surface area contributed by atoms with Gasteiger partial charge in [0.25, 0.3) is 5.91 Å². The fourth-order valence-corrected chi connectivity index (χ4v) is 3.69. The first-order chi connectivity index (χ1) is 14.9. The summed E-state index contributed by atoms with van der Waals surface area (Å²) < 4.78 is 6.56. The molecule has 31 heavy (non-hydrogen) atoms.